The number of hydrogen-bond donors (Lipinski definition) is 0. The number of carbonyl (C=O) groups excluding carboxylic acids is 2. The first kappa shape index (κ1) is 15.2. The van der Waals surface area contributed by atoms with Crippen LogP contribution in [0.15, 0.2) is 0 Å². The summed E-state index contributed by atoms with van der Waals surface area (Å²) >= 11 is 0. The predicted octanol–water partition coefficient (Wildman–Crippen LogP) is 3.65. The van der Waals surface area contributed by atoms with E-state index in [0.717, 1.165) is 37.9 Å². The van der Waals surface area contributed by atoms with Gasteiger partial charge in [-0.15, -0.1) is 0 Å². The number of ether oxygens (including phenoxy) is 1. The molecule has 0 bridgehead atoms. The topological polar surface area (TPSA) is 43.4 Å². The molecule has 0 saturated heterocycles. The highest BCUT2D eigenvalue weighted by Gasteiger charge is 2.37. The average molecular weight is 254 g/mol. The molecule has 0 unspecified atom stereocenters. The zero-order valence-corrected chi connectivity index (χ0v) is 11.7. The highest BCUT2D eigenvalue weighted by molar-refractivity contribution is 5.66. The lowest BCUT2D eigenvalue weighted by atomic mass is 9.75. The van der Waals surface area contributed by atoms with Crippen LogP contribution in [-0.2, 0) is 14.3 Å². The Hall–Kier alpha value is -0.860. The van der Waals surface area contributed by atoms with Crippen LogP contribution >= 0.6 is 0 Å². The molecule has 104 valence electrons. The van der Waals surface area contributed by atoms with Crippen LogP contribution < -0.4 is 0 Å². The van der Waals surface area contributed by atoms with Gasteiger partial charge in [0.05, 0.1) is 0 Å². The molecule has 18 heavy (non-hydrogen) atoms. The summed E-state index contributed by atoms with van der Waals surface area (Å²) in [7, 11) is 0. The molecule has 3 heteroatoms. The molecular formula is C15H26O3. The Labute approximate surface area is 110 Å². The molecule has 0 aliphatic heterocycles. The quantitative estimate of drug-likeness (QED) is 0.514. The lowest BCUT2D eigenvalue weighted by Gasteiger charge is -2.39. The maximum absolute atomic E-state index is 11.2. The van der Waals surface area contributed by atoms with Gasteiger partial charge in [0.15, 0.2) is 0 Å². The molecule has 1 aliphatic carbocycles. The van der Waals surface area contributed by atoms with Crippen molar-refractivity contribution in [1.82, 2.24) is 0 Å². The Kier molecular flexibility index (Phi) is 6.37. The molecule has 0 aromatic heterocycles. The fourth-order valence-corrected chi connectivity index (χ4v) is 3.02. The van der Waals surface area contributed by atoms with E-state index < -0.39 is 0 Å². The van der Waals surface area contributed by atoms with Gasteiger partial charge in [-0.25, -0.2) is 0 Å². The van der Waals surface area contributed by atoms with Crippen LogP contribution in [0.2, 0.25) is 0 Å². The smallest absolute Gasteiger partial charge is 0.303 e. The Bertz CT molecular complexity index is 265. The Morgan fingerprint density at radius 1 is 1.39 bits per heavy atom. The SMILES string of the molecule is CCCCC1CCC(CCC=O)(OC(C)=O)CC1. The number of rotatable bonds is 7. The number of hydrogen-bond acceptors (Lipinski definition) is 3. The molecule has 1 fully saturated rings. The van der Waals surface area contributed by atoms with Gasteiger partial charge in [0.2, 0.25) is 0 Å². The molecule has 0 N–H and O–H groups in total. The summed E-state index contributed by atoms with van der Waals surface area (Å²) in [5, 5.41) is 0. The molecule has 0 aromatic rings. The van der Waals surface area contributed by atoms with Gasteiger partial charge in [0.25, 0.3) is 0 Å². The second kappa shape index (κ2) is 7.55. The van der Waals surface area contributed by atoms with E-state index in [9.17, 15) is 9.59 Å². The number of aldehydes is 1. The van der Waals surface area contributed by atoms with E-state index in [-0.39, 0.29) is 11.6 Å². The van der Waals surface area contributed by atoms with Gasteiger partial charge in [0.1, 0.15) is 11.9 Å². The minimum Gasteiger partial charge on any atom is -0.459 e. The largest absolute Gasteiger partial charge is 0.459 e. The molecule has 0 heterocycles. The molecular weight excluding hydrogens is 228 g/mol. The molecule has 1 aliphatic rings. The molecule has 0 atom stereocenters. The molecule has 0 radical (unpaired) electrons. The standard InChI is InChI=1S/C15H26O3/c1-3-4-6-14-7-10-15(11-8-14,9-5-12-16)18-13(2)17/h12,14H,3-11H2,1-2H3. The van der Waals surface area contributed by atoms with Gasteiger partial charge in [-0.2, -0.15) is 0 Å². The van der Waals surface area contributed by atoms with E-state index >= 15 is 0 Å². The van der Waals surface area contributed by atoms with Crippen molar-refractivity contribution in [3.05, 3.63) is 0 Å². The molecule has 1 saturated carbocycles. The van der Waals surface area contributed by atoms with Crippen LogP contribution in [0.5, 0.6) is 0 Å². The zero-order chi connectivity index (χ0) is 13.4. The number of carbonyl (C=O) groups is 2. The molecule has 3 nitrogen and oxygen atoms in total. The Morgan fingerprint density at radius 3 is 2.56 bits per heavy atom. The highest BCUT2D eigenvalue weighted by Crippen LogP contribution is 2.39. The first-order valence-electron chi connectivity index (χ1n) is 7.25. The van der Waals surface area contributed by atoms with Crippen LogP contribution in [0.1, 0.15) is 71.6 Å². The Morgan fingerprint density at radius 2 is 2.06 bits per heavy atom. The van der Waals surface area contributed by atoms with Crippen molar-refractivity contribution < 1.29 is 14.3 Å². The average Bonchev–Trinajstić information content (AvgIpc) is 2.35. The van der Waals surface area contributed by atoms with Crippen molar-refractivity contribution in [2.75, 3.05) is 0 Å². The van der Waals surface area contributed by atoms with Crippen molar-refractivity contribution in [2.45, 2.75) is 77.2 Å². The molecule has 1 rings (SSSR count). The first-order chi connectivity index (χ1) is 8.62. The van der Waals surface area contributed by atoms with Crippen molar-refractivity contribution >= 4 is 12.3 Å². The maximum Gasteiger partial charge on any atom is 0.303 e. The van der Waals surface area contributed by atoms with Gasteiger partial charge in [-0.3, -0.25) is 4.79 Å². The Balaban J connectivity index is 2.49. The summed E-state index contributed by atoms with van der Waals surface area (Å²) in [6, 6.07) is 0. The predicted molar refractivity (Wildman–Crippen MR) is 71.3 cm³/mol. The van der Waals surface area contributed by atoms with Crippen molar-refractivity contribution in [1.29, 1.82) is 0 Å². The third kappa shape index (κ3) is 4.79. The van der Waals surface area contributed by atoms with Crippen molar-refractivity contribution in [3.63, 3.8) is 0 Å². The van der Waals surface area contributed by atoms with Crippen LogP contribution in [0.3, 0.4) is 0 Å². The van der Waals surface area contributed by atoms with E-state index in [1.807, 2.05) is 0 Å². The van der Waals surface area contributed by atoms with E-state index in [0.29, 0.717) is 12.8 Å². The summed E-state index contributed by atoms with van der Waals surface area (Å²) in [6.07, 6.45) is 10.1. The van der Waals surface area contributed by atoms with Gasteiger partial charge >= 0.3 is 5.97 Å². The normalized spacial score (nSPS) is 27.8. The van der Waals surface area contributed by atoms with Crippen LogP contribution in [0, 0.1) is 5.92 Å². The fraction of sp³-hybridized carbons (Fsp3) is 0.867. The lowest BCUT2D eigenvalue weighted by Crippen LogP contribution is -2.38. The molecule has 0 aromatic carbocycles. The van der Waals surface area contributed by atoms with Crippen molar-refractivity contribution in [2.24, 2.45) is 5.92 Å². The first-order valence-corrected chi connectivity index (χ1v) is 7.25. The zero-order valence-electron chi connectivity index (χ0n) is 11.7. The third-order valence-corrected chi connectivity index (χ3v) is 4.06. The monoisotopic (exact) mass is 254 g/mol. The minimum atomic E-state index is -0.352. The van der Waals surface area contributed by atoms with E-state index in [1.54, 1.807) is 0 Å². The van der Waals surface area contributed by atoms with E-state index in [4.69, 9.17) is 4.74 Å². The van der Waals surface area contributed by atoms with Gasteiger partial charge in [-0.1, -0.05) is 26.2 Å². The highest BCUT2D eigenvalue weighted by atomic mass is 16.6. The van der Waals surface area contributed by atoms with Gasteiger partial charge in [-0.05, 0) is 38.0 Å². The maximum atomic E-state index is 11.2. The van der Waals surface area contributed by atoms with Crippen LogP contribution in [0.25, 0.3) is 0 Å². The lowest BCUT2D eigenvalue weighted by molar-refractivity contribution is -0.163. The third-order valence-electron chi connectivity index (χ3n) is 4.06. The number of unbranched alkanes of at least 4 members (excludes halogenated alkanes) is 1. The molecule has 0 spiro atoms. The van der Waals surface area contributed by atoms with Crippen molar-refractivity contribution in [3.8, 4) is 0 Å². The minimum absolute atomic E-state index is 0.215. The van der Waals surface area contributed by atoms with Gasteiger partial charge in [0, 0.05) is 13.3 Å². The summed E-state index contributed by atoms with van der Waals surface area (Å²) in [6.45, 7) is 3.68. The summed E-state index contributed by atoms with van der Waals surface area (Å²) < 4.78 is 5.54. The second-order valence-electron chi connectivity index (χ2n) is 5.57. The van der Waals surface area contributed by atoms with E-state index in [2.05, 4.69) is 6.92 Å². The molecule has 0 amide bonds. The number of esters is 1. The summed E-state index contributed by atoms with van der Waals surface area (Å²) in [5.41, 5.74) is -0.352. The second-order valence-corrected chi connectivity index (χ2v) is 5.57. The van der Waals surface area contributed by atoms with E-state index in [1.165, 1.54) is 26.2 Å². The fourth-order valence-electron chi connectivity index (χ4n) is 3.02. The van der Waals surface area contributed by atoms with Crippen LogP contribution in [0.4, 0.5) is 0 Å². The summed E-state index contributed by atoms with van der Waals surface area (Å²) in [5.74, 6) is 0.567. The van der Waals surface area contributed by atoms with Gasteiger partial charge < -0.3 is 9.53 Å². The van der Waals surface area contributed by atoms with Crippen LogP contribution in [-0.4, -0.2) is 17.9 Å². The summed E-state index contributed by atoms with van der Waals surface area (Å²) in [4.78, 5) is 21.8.